The summed E-state index contributed by atoms with van der Waals surface area (Å²) in [4.78, 5) is 0. The van der Waals surface area contributed by atoms with Crippen LogP contribution < -0.4 is 0 Å². The van der Waals surface area contributed by atoms with Gasteiger partial charge in [-0.05, 0) is 25.0 Å². The van der Waals surface area contributed by atoms with Crippen LogP contribution in [0.1, 0.15) is 18.1 Å². The molecule has 0 radical (unpaired) electrons. The highest BCUT2D eigenvalue weighted by molar-refractivity contribution is 5.63. The lowest BCUT2D eigenvalue weighted by Gasteiger charge is -2.02. The molecule has 0 aliphatic heterocycles. The normalized spacial score (nSPS) is 11.5. The number of benzene rings is 1. The van der Waals surface area contributed by atoms with Crippen LogP contribution in [0.5, 0.6) is 0 Å². The van der Waals surface area contributed by atoms with E-state index in [2.05, 4.69) is 50.8 Å². The highest BCUT2D eigenvalue weighted by Crippen LogP contribution is 2.13. The molecule has 0 aliphatic rings. The van der Waals surface area contributed by atoms with Gasteiger partial charge >= 0.3 is 0 Å². The van der Waals surface area contributed by atoms with Gasteiger partial charge in [0.25, 0.3) is 0 Å². The Hall–Kier alpha value is -1.34. The second-order valence-corrected chi connectivity index (χ2v) is 3.58. The minimum Gasteiger partial charge on any atom is -0.373 e. The van der Waals surface area contributed by atoms with Gasteiger partial charge in [-0.2, -0.15) is 0 Å². The molecule has 0 fully saturated rings. The first-order valence-electron chi connectivity index (χ1n) is 5.16. The molecule has 0 heterocycles. The molecule has 0 saturated carbocycles. The number of hydrogen-bond donors (Lipinski definition) is 0. The molecule has 15 heavy (non-hydrogen) atoms. The Labute approximate surface area is 92.1 Å². The first kappa shape index (κ1) is 11.7. The lowest BCUT2D eigenvalue weighted by Crippen LogP contribution is -1.91. The standard InChI is InChI=1S/C14H18O/c1-4-10-15-11-9-13(3)14-7-5-12(2)6-8-14/h4-9H,1,10-11H2,2-3H3/b13-9+. The monoisotopic (exact) mass is 202 g/mol. The van der Waals surface area contributed by atoms with Gasteiger partial charge in [-0.3, -0.25) is 0 Å². The topological polar surface area (TPSA) is 9.23 Å². The molecule has 80 valence electrons. The van der Waals surface area contributed by atoms with E-state index in [1.807, 2.05) is 0 Å². The maximum absolute atomic E-state index is 5.30. The first-order valence-corrected chi connectivity index (χ1v) is 5.16. The van der Waals surface area contributed by atoms with Crippen molar-refractivity contribution < 1.29 is 4.74 Å². The fraction of sp³-hybridized carbons (Fsp3) is 0.286. The number of allylic oxidation sites excluding steroid dienone is 1. The van der Waals surface area contributed by atoms with E-state index in [1.54, 1.807) is 6.08 Å². The summed E-state index contributed by atoms with van der Waals surface area (Å²) in [5.74, 6) is 0. The van der Waals surface area contributed by atoms with Crippen molar-refractivity contribution >= 4 is 5.57 Å². The van der Waals surface area contributed by atoms with Crippen LogP contribution in [0, 0.1) is 6.92 Å². The van der Waals surface area contributed by atoms with Crippen LogP contribution in [0.15, 0.2) is 43.0 Å². The molecule has 0 atom stereocenters. The van der Waals surface area contributed by atoms with E-state index in [1.165, 1.54) is 16.7 Å². The summed E-state index contributed by atoms with van der Waals surface area (Å²) >= 11 is 0. The van der Waals surface area contributed by atoms with Gasteiger partial charge in [0.2, 0.25) is 0 Å². The van der Waals surface area contributed by atoms with E-state index in [-0.39, 0.29) is 0 Å². The van der Waals surface area contributed by atoms with Crippen molar-refractivity contribution in [2.45, 2.75) is 13.8 Å². The maximum atomic E-state index is 5.30. The van der Waals surface area contributed by atoms with E-state index in [9.17, 15) is 0 Å². The van der Waals surface area contributed by atoms with Gasteiger partial charge in [-0.25, -0.2) is 0 Å². The molecular weight excluding hydrogens is 184 g/mol. The van der Waals surface area contributed by atoms with Crippen molar-refractivity contribution in [2.75, 3.05) is 13.2 Å². The summed E-state index contributed by atoms with van der Waals surface area (Å²) < 4.78 is 5.30. The fourth-order valence-corrected chi connectivity index (χ4v) is 1.27. The van der Waals surface area contributed by atoms with E-state index in [0.29, 0.717) is 13.2 Å². The van der Waals surface area contributed by atoms with Crippen molar-refractivity contribution in [1.29, 1.82) is 0 Å². The zero-order chi connectivity index (χ0) is 11.1. The van der Waals surface area contributed by atoms with E-state index in [0.717, 1.165) is 0 Å². The van der Waals surface area contributed by atoms with Crippen molar-refractivity contribution in [1.82, 2.24) is 0 Å². The maximum Gasteiger partial charge on any atom is 0.0657 e. The average molecular weight is 202 g/mol. The molecule has 0 unspecified atom stereocenters. The summed E-state index contributed by atoms with van der Waals surface area (Å²) in [7, 11) is 0. The largest absolute Gasteiger partial charge is 0.373 e. The van der Waals surface area contributed by atoms with Gasteiger partial charge in [0.1, 0.15) is 0 Å². The van der Waals surface area contributed by atoms with Crippen LogP contribution in [-0.2, 0) is 4.74 Å². The third kappa shape index (κ3) is 4.13. The Morgan fingerprint density at radius 2 is 1.93 bits per heavy atom. The average Bonchev–Trinajstić information content (AvgIpc) is 2.25. The Bertz CT molecular complexity index is 333. The Kier molecular flexibility index (Phi) is 4.85. The number of hydrogen-bond acceptors (Lipinski definition) is 1. The van der Waals surface area contributed by atoms with Gasteiger partial charge in [0.15, 0.2) is 0 Å². The van der Waals surface area contributed by atoms with Gasteiger partial charge in [-0.1, -0.05) is 42.0 Å². The SMILES string of the molecule is C=CCOC/C=C(\C)c1ccc(C)cc1. The molecule has 0 bridgehead atoms. The fourth-order valence-electron chi connectivity index (χ4n) is 1.27. The number of rotatable bonds is 5. The summed E-state index contributed by atoms with van der Waals surface area (Å²) in [5.41, 5.74) is 3.79. The van der Waals surface area contributed by atoms with Crippen molar-refractivity contribution in [3.63, 3.8) is 0 Å². The molecule has 0 N–H and O–H groups in total. The minimum atomic E-state index is 0.609. The van der Waals surface area contributed by atoms with E-state index in [4.69, 9.17) is 4.74 Å². The van der Waals surface area contributed by atoms with Crippen LogP contribution in [-0.4, -0.2) is 13.2 Å². The summed E-state index contributed by atoms with van der Waals surface area (Å²) in [6.07, 6.45) is 3.85. The lowest BCUT2D eigenvalue weighted by atomic mass is 10.1. The predicted molar refractivity (Wildman–Crippen MR) is 65.8 cm³/mol. The number of ether oxygens (including phenoxy) is 1. The van der Waals surface area contributed by atoms with Crippen molar-refractivity contribution in [3.05, 3.63) is 54.1 Å². The molecule has 0 aliphatic carbocycles. The molecule has 0 spiro atoms. The Morgan fingerprint density at radius 1 is 1.27 bits per heavy atom. The van der Waals surface area contributed by atoms with Gasteiger partial charge < -0.3 is 4.74 Å². The first-order chi connectivity index (χ1) is 7.24. The predicted octanol–water partition coefficient (Wildman–Crippen LogP) is 3.60. The van der Waals surface area contributed by atoms with Crippen LogP contribution in [0.2, 0.25) is 0 Å². The lowest BCUT2D eigenvalue weighted by molar-refractivity contribution is 0.194. The zero-order valence-corrected chi connectivity index (χ0v) is 9.49. The number of aryl methyl sites for hydroxylation is 1. The highest BCUT2D eigenvalue weighted by atomic mass is 16.5. The quantitative estimate of drug-likeness (QED) is 0.523. The molecule has 0 aromatic heterocycles. The van der Waals surface area contributed by atoms with Crippen LogP contribution in [0.3, 0.4) is 0 Å². The van der Waals surface area contributed by atoms with Crippen LogP contribution in [0.4, 0.5) is 0 Å². The molecule has 1 heteroatoms. The third-order valence-electron chi connectivity index (χ3n) is 2.25. The van der Waals surface area contributed by atoms with Crippen LogP contribution >= 0.6 is 0 Å². The molecule has 0 saturated heterocycles. The molecule has 1 aromatic rings. The van der Waals surface area contributed by atoms with Crippen LogP contribution in [0.25, 0.3) is 5.57 Å². The summed E-state index contributed by atoms with van der Waals surface area (Å²) in [5, 5.41) is 0. The third-order valence-corrected chi connectivity index (χ3v) is 2.25. The Morgan fingerprint density at radius 3 is 2.53 bits per heavy atom. The summed E-state index contributed by atoms with van der Waals surface area (Å²) in [6.45, 7) is 9.05. The minimum absolute atomic E-state index is 0.609. The van der Waals surface area contributed by atoms with E-state index < -0.39 is 0 Å². The Balaban J connectivity index is 2.55. The van der Waals surface area contributed by atoms with E-state index >= 15 is 0 Å². The molecule has 0 amide bonds. The molecular formula is C14H18O. The van der Waals surface area contributed by atoms with Gasteiger partial charge in [-0.15, -0.1) is 6.58 Å². The molecule has 1 aromatic carbocycles. The van der Waals surface area contributed by atoms with Crippen molar-refractivity contribution in [2.24, 2.45) is 0 Å². The second-order valence-electron chi connectivity index (χ2n) is 3.58. The molecule has 1 rings (SSSR count). The second kappa shape index (κ2) is 6.20. The smallest absolute Gasteiger partial charge is 0.0657 e. The van der Waals surface area contributed by atoms with Gasteiger partial charge in [0, 0.05) is 0 Å². The highest BCUT2D eigenvalue weighted by Gasteiger charge is 1.94. The zero-order valence-electron chi connectivity index (χ0n) is 9.49. The van der Waals surface area contributed by atoms with Gasteiger partial charge in [0.05, 0.1) is 13.2 Å². The van der Waals surface area contributed by atoms with Crippen molar-refractivity contribution in [3.8, 4) is 0 Å². The summed E-state index contributed by atoms with van der Waals surface area (Å²) in [6, 6.07) is 8.51. The molecule has 1 nitrogen and oxygen atoms in total.